The molecule has 2 aromatic rings. The Labute approximate surface area is 115 Å². The van der Waals surface area contributed by atoms with E-state index in [9.17, 15) is 4.39 Å². The third-order valence-corrected chi connectivity index (χ3v) is 3.62. The van der Waals surface area contributed by atoms with Crippen molar-refractivity contribution < 1.29 is 9.13 Å². The molecular weight excluding hydrogens is 265 g/mol. The van der Waals surface area contributed by atoms with Gasteiger partial charge in [-0.15, -0.1) is 10.2 Å². The number of hydrogen-bond donors (Lipinski definition) is 1. The van der Waals surface area contributed by atoms with Gasteiger partial charge in [0, 0.05) is 25.8 Å². The lowest BCUT2D eigenvalue weighted by Crippen LogP contribution is -2.18. The van der Waals surface area contributed by atoms with Gasteiger partial charge < -0.3 is 10.1 Å². The Balaban J connectivity index is 2.01. The van der Waals surface area contributed by atoms with E-state index < -0.39 is 0 Å². The molecule has 1 N–H and O–H groups in total. The topological polar surface area (TPSA) is 47.0 Å². The summed E-state index contributed by atoms with van der Waals surface area (Å²) in [7, 11) is 1.66. The Morgan fingerprint density at radius 2 is 2.21 bits per heavy atom. The van der Waals surface area contributed by atoms with Gasteiger partial charge >= 0.3 is 0 Å². The van der Waals surface area contributed by atoms with Crippen molar-refractivity contribution >= 4 is 11.3 Å². The van der Waals surface area contributed by atoms with Crippen molar-refractivity contribution in [2.75, 3.05) is 20.3 Å². The molecule has 0 atom stereocenters. The van der Waals surface area contributed by atoms with Crippen LogP contribution in [0.4, 0.5) is 4.39 Å². The van der Waals surface area contributed by atoms with Gasteiger partial charge in [-0.1, -0.05) is 23.5 Å². The fraction of sp³-hybridized carbons (Fsp3) is 0.385. The van der Waals surface area contributed by atoms with E-state index in [2.05, 4.69) is 15.5 Å². The summed E-state index contributed by atoms with van der Waals surface area (Å²) < 4.78 is 18.4. The molecule has 102 valence electrons. The quantitative estimate of drug-likeness (QED) is 0.826. The Morgan fingerprint density at radius 1 is 1.37 bits per heavy atom. The van der Waals surface area contributed by atoms with Crippen LogP contribution in [0.25, 0.3) is 10.6 Å². The minimum absolute atomic E-state index is 0.215. The van der Waals surface area contributed by atoms with Gasteiger partial charge in [0.15, 0.2) is 0 Å². The van der Waals surface area contributed by atoms with Crippen LogP contribution in [-0.4, -0.2) is 30.5 Å². The highest BCUT2D eigenvalue weighted by atomic mass is 32.1. The Morgan fingerprint density at radius 3 is 2.95 bits per heavy atom. The maximum atomic E-state index is 13.5. The van der Waals surface area contributed by atoms with E-state index in [1.54, 1.807) is 20.1 Å². The lowest BCUT2D eigenvalue weighted by atomic mass is 10.1. The molecule has 0 aliphatic heterocycles. The molecule has 6 heteroatoms. The summed E-state index contributed by atoms with van der Waals surface area (Å²) in [6.07, 6.45) is 0. The number of aryl methyl sites for hydroxylation is 1. The zero-order valence-electron chi connectivity index (χ0n) is 10.9. The van der Waals surface area contributed by atoms with Crippen molar-refractivity contribution in [2.45, 2.75) is 13.5 Å². The van der Waals surface area contributed by atoms with Gasteiger partial charge in [-0.2, -0.15) is 0 Å². The van der Waals surface area contributed by atoms with Gasteiger partial charge in [-0.25, -0.2) is 4.39 Å². The first-order valence-electron chi connectivity index (χ1n) is 5.99. The van der Waals surface area contributed by atoms with Crippen LogP contribution in [0.15, 0.2) is 18.2 Å². The van der Waals surface area contributed by atoms with Crippen molar-refractivity contribution in [1.29, 1.82) is 0 Å². The minimum atomic E-state index is -0.215. The Kier molecular flexibility index (Phi) is 4.95. The van der Waals surface area contributed by atoms with Crippen molar-refractivity contribution in [3.63, 3.8) is 0 Å². The van der Waals surface area contributed by atoms with E-state index >= 15 is 0 Å². The van der Waals surface area contributed by atoms with Crippen molar-refractivity contribution in [3.8, 4) is 10.6 Å². The van der Waals surface area contributed by atoms with Gasteiger partial charge in [0.2, 0.25) is 0 Å². The number of rotatable bonds is 6. The zero-order valence-corrected chi connectivity index (χ0v) is 11.8. The number of ether oxygens (including phenoxy) is 1. The van der Waals surface area contributed by atoms with Gasteiger partial charge in [-0.05, 0) is 18.6 Å². The van der Waals surface area contributed by atoms with Crippen molar-refractivity contribution in [3.05, 3.63) is 34.6 Å². The molecule has 0 saturated carbocycles. The van der Waals surface area contributed by atoms with Gasteiger partial charge in [0.25, 0.3) is 0 Å². The number of halogens is 1. The third-order valence-electron chi connectivity index (χ3n) is 2.64. The highest BCUT2D eigenvalue weighted by molar-refractivity contribution is 7.14. The zero-order chi connectivity index (χ0) is 13.7. The number of nitrogens with zero attached hydrogens (tertiary/aromatic N) is 2. The van der Waals surface area contributed by atoms with E-state index in [4.69, 9.17) is 4.74 Å². The second-order valence-electron chi connectivity index (χ2n) is 4.13. The van der Waals surface area contributed by atoms with Gasteiger partial charge in [0.05, 0.1) is 6.61 Å². The molecule has 19 heavy (non-hydrogen) atoms. The van der Waals surface area contributed by atoms with Crippen molar-refractivity contribution in [1.82, 2.24) is 15.5 Å². The summed E-state index contributed by atoms with van der Waals surface area (Å²) in [4.78, 5) is 0. The summed E-state index contributed by atoms with van der Waals surface area (Å²) in [6, 6.07) is 5.11. The van der Waals surface area contributed by atoms with Gasteiger partial charge in [-0.3, -0.25) is 0 Å². The SMILES string of the molecule is COCCNCc1nnc(-c2ccc(C)c(F)c2)s1. The highest BCUT2D eigenvalue weighted by Crippen LogP contribution is 2.24. The molecule has 1 heterocycles. The standard InChI is InChI=1S/C13H16FN3OS/c1-9-3-4-10(7-11(9)14)13-17-16-12(19-13)8-15-5-6-18-2/h3-4,7,15H,5-6,8H2,1-2H3. The van der Waals surface area contributed by atoms with Crippen LogP contribution in [-0.2, 0) is 11.3 Å². The third kappa shape index (κ3) is 3.79. The molecule has 0 aliphatic rings. The minimum Gasteiger partial charge on any atom is -0.383 e. The molecule has 0 bridgehead atoms. The lowest BCUT2D eigenvalue weighted by Gasteiger charge is -2.00. The first kappa shape index (κ1) is 14.0. The maximum absolute atomic E-state index is 13.5. The van der Waals surface area contributed by atoms with Crippen LogP contribution < -0.4 is 5.32 Å². The Bertz CT molecular complexity index is 544. The van der Waals surface area contributed by atoms with Crippen LogP contribution in [0.3, 0.4) is 0 Å². The van der Waals surface area contributed by atoms with E-state index in [1.807, 2.05) is 6.07 Å². The highest BCUT2D eigenvalue weighted by Gasteiger charge is 2.08. The Hall–Kier alpha value is -1.37. The average molecular weight is 281 g/mol. The number of aromatic nitrogens is 2. The van der Waals surface area contributed by atoms with Crippen LogP contribution in [0.2, 0.25) is 0 Å². The molecule has 0 spiro atoms. The maximum Gasteiger partial charge on any atom is 0.147 e. The fourth-order valence-corrected chi connectivity index (χ4v) is 2.34. The molecule has 0 radical (unpaired) electrons. The first-order valence-corrected chi connectivity index (χ1v) is 6.81. The fourth-order valence-electron chi connectivity index (χ4n) is 1.54. The molecular formula is C13H16FN3OS. The summed E-state index contributed by atoms with van der Waals surface area (Å²) >= 11 is 1.47. The second kappa shape index (κ2) is 6.70. The molecule has 0 amide bonds. The predicted octanol–water partition coefficient (Wildman–Crippen LogP) is 2.39. The number of nitrogens with one attached hydrogen (secondary N) is 1. The monoisotopic (exact) mass is 281 g/mol. The van der Waals surface area contributed by atoms with Crippen molar-refractivity contribution in [2.24, 2.45) is 0 Å². The molecule has 4 nitrogen and oxygen atoms in total. The average Bonchev–Trinajstić information content (AvgIpc) is 2.87. The molecule has 0 saturated heterocycles. The van der Waals surface area contributed by atoms with Crippen LogP contribution in [0.5, 0.6) is 0 Å². The molecule has 2 rings (SSSR count). The molecule has 1 aromatic heterocycles. The van der Waals surface area contributed by atoms with Crippen LogP contribution in [0.1, 0.15) is 10.6 Å². The normalized spacial score (nSPS) is 10.9. The first-order chi connectivity index (χ1) is 9.20. The van der Waals surface area contributed by atoms with E-state index in [0.29, 0.717) is 18.7 Å². The van der Waals surface area contributed by atoms with Crippen LogP contribution >= 0.6 is 11.3 Å². The lowest BCUT2D eigenvalue weighted by molar-refractivity contribution is 0.199. The molecule has 0 unspecified atom stereocenters. The van der Waals surface area contributed by atoms with E-state index in [-0.39, 0.29) is 5.82 Å². The predicted molar refractivity (Wildman–Crippen MR) is 73.6 cm³/mol. The molecule has 0 aliphatic carbocycles. The van der Waals surface area contributed by atoms with Crippen LogP contribution in [0, 0.1) is 12.7 Å². The smallest absolute Gasteiger partial charge is 0.147 e. The number of methoxy groups -OCH3 is 1. The summed E-state index contributed by atoms with van der Waals surface area (Å²) in [5, 5.41) is 13.0. The summed E-state index contributed by atoms with van der Waals surface area (Å²) in [5.41, 5.74) is 1.40. The van der Waals surface area contributed by atoms with E-state index in [1.165, 1.54) is 17.4 Å². The summed E-state index contributed by atoms with van der Waals surface area (Å²) in [5.74, 6) is -0.215. The molecule has 0 fully saturated rings. The second-order valence-corrected chi connectivity index (χ2v) is 5.20. The van der Waals surface area contributed by atoms with Gasteiger partial charge in [0.1, 0.15) is 15.8 Å². The largest absolute Gasteiger partial charge is 0.383 e. The number of benzene rings is 1. The number of hydrogen-bond acceptors (Lipinski definition) is 5. The van der Waals surface area contributed by atoms with E-state index in [0.717, 1.165) is 22.1 Å². The summed E-state index contributed by atoms with van der Waals surface area (Å²) in [6.45, 7) is 3.82. The molecule has 1 aromatic carbocycles.